The minimum absolute atomic E-state index is 0.0485. The number of hydrogen-bond acceptors (Lipinski definition) is 3. The molecule has 2 aromatic rings. The van der Waals surface area contributed by atoms with Crippen LogP contribution in [-0.2, 0) is 24.2 Å². The maximum atomic E-state index is 12.9. The van der Waals surface area contributed by atoms with Crippen molar-refractivity contribution in [2.24, 2.45) is 0 Å². The molecule has 29 heavy (non-hydrogen) atoms. The van der Waals surface area contributed by atoms with Crippen LogP contribution in [0.1, 0.15) is 73.6 Å². The lowest BCUT2D eigenvalue weighted by atomic mass is 10.0. The summed E-state index contributed by atoms with van der Waals surface area (Å²) in [6.45, 7) is 8.93. The maximum absolute atomic E-state index is 12.9. The summed E-state index contributed by atoms with van der Waals surface area (Å²) in [6, 6.07) is 12.4. The first kappa shape index (κ1) is 23.1. The van der Waals surface area contributed by atoms with Crippen LogP contribution < -0.4 is 0 Å². The number of pyridine rings is 1. The van der Waals surface area contributed by atoms with Crippen molar-refractivity contribution in [1.29, 1.82) is 0 Å². The van der Waals surface area contributed by atoms with Gasteiger partial charge in [0.15, 0.2) is 0 Å². The summed E-state index contributed by atoms with van der Waals surface area (Å²) in [7, 11) is 0. The van der Waals surface area contributed by atoms with Crippen molar-refractivity contribution in [3.05, 3.63) is 65.0 Å². The van der Waals surface area contributed by atoms with E-state index in [-0.39, 0.29) is 5.91 Å². The Morgan fingerprint density at radius 3 is 2.41 bits per heavy atom. The number of unbranched alkanes of at least 4 members (excludes halogenated alkanes) is 3. The Bertz CT molecular complexity index is 727. The van der Waals surface area contributed by atoms with Crippen LogP contribution in [0, 0.1) is 0 Å². The smallest absolute Gasteiger partial charge is 0.272 e. The Balaban J connectivity index is 2.01. The highest BCUT2D eigenvalue weighted by atomic mass is 16.5. The van der Waals surface area contributed by atoms with Crippen LogP contribution in [0.25, 0.3) is 0 Å². The van der Waals surface area contributed by atoms with Crippen LogP contribution in [0.5, 0.6) is 0 Å². The van der Waals surface area contributed by atoms with Gasteiger partial charge in [0.1, 0.15) is 5.69 Å². The number of carbonyl (C=O) groups is 1. The van der Waals surface area contributed by atoms with Crippen molar-refractivity contribution in [2.75, 3.05) is 19.7 Å². The van der Waals surface area contributed by atoms with Crippen molar-refractivity contribution in [1.82, 2.24) is 9.88 Å². The molecule has 0 fully saturated rings. The average Bonchev–Trinajstić information content (AvgIpc) is 2.76. The van der Waals surface area contributed by atoms with Crippen LogP contribution in [0.4, 0.5) is 0 Å². The van der Waals surface area contributed by atoms with E-state index in [1.54, 1.807) is 0 Å². The lowest BCUT2D eigenvalue weighted by Gasteiger charge is -2.20. The van der Waals surface area contributed by atoms with E-state index in [4.69, 9.17) is 4.74 Å². The van der Waals surface area contributed by atoms with Crippen LogP contribution >= 0.6 is 0 Å². The van der Waals surface area contributed by atoms with Gasteiger partial charge in [0, 0.05) is 19.3 Å². The standard InChI is InChI=1S/C25H36N2O2/c1-4-7-8-12-15-23-18-22(16-17-29-20-21-13-10-9-11-14-21)19-26-24(23)25(28)27(5-2)6-3/h9-11,13-14,18-19H,4-8,12,15-17,20H2,1-3H3. The van der Waals surface area contributed by atoms with Gasteiger partial charge in [-0.05, 0) is 49.8 Å². The fraction of sp³-hybridized carbons (Fsp3) is 0.520. The first-order valence-electron chi connectivity index (χ1n) is 11.1. The van der Waals surface area contributed by atoms with E-state index in [9.17, 15) is 4.79 Å². The van der Waals surface area contributed by atoms with Gasteiger partial charge in [-0.2, -0.15) is 0 Å². The van der Waals surface area contributed by atoms with E-state index in [2.05, 4.69) is 30.1 Å². The Kier molecular flexibility index (Phi) is 10.4. The van der Waals surface area contributed by atoms with Crippen molar-refractivity contribution in [3.63, 3.8) is 0 Å². The highest BCUT2D eigenvalue weighted by molar-refractivity contribution is 5.93. The molecular formula is C25H36N2O2. The molecule has 0 N–H and O–H groups in total. The van der Waals surface area contributed by atoms with E-state index in [1.807, 2.05) is 43.1 Å². The SMILES string of the molecule is CCCCCCc1cc(CCOCc2ccccc2)cnc1C(=O)N(CC)CC. The number of aromatic nitrogens is 1. The topological polar surface area (TPSA) is 42.4 Å². The highest BCUT2D eigenvalue weighted by Crippen LogP contribution is 2.16. The molecule has 0 aliphatic rings. The van der Waals surface area contributed by atoms with Crippen LogP contribution in [0.2, 0.25) is 0 Å². The molecule has 4 heteroatoms. The van der Waals surface area contributed by atoms with Crippen molar-refractivity contribution >= 4 is 5.91 Å². The van der Waals surface area contributed by atoms with E-state index >= 15 is 0 Å². The Labute approximate surface area is 176 Å². The molecule has 0 aliphatic carbocycles. The van der Waals surface area contributed by atoms with E-state index in [1.165, 1.54) is 24.8 Å². The molecule has 1 aromatic carbocycles. The van der Waals surface area contributed by atoms with Gasteiger partial charge in [-0.15, -0.1) is 0 Å². The second kappa shape index (κ2) is 13.1. The minimum atomic E-state index is 0.0485. The molecule has 0 saturated carbocycles. The highest BCUT2D eigenvalue weighted by Gasteiger charge is 2.18. The lowest BCUT2D eigenvalue weighted by molar-refractivity contribution is 0.0766. The largest absolute Gasteiger partial charge is 0.376 e. The van der Waals surface area contributed by atoms with Crippen LogP contribution in [-0.4, -0.2) is 35.5 Å². The first-order valence-corrected chi connectivity index (χ1v) is 11.1. The Morgan fingerprint density at radius 1 is 0.966 bits per heavy atom. The summed E-state index contributed by atoms with van der Waals surface area (Å²) >= 11 is 0. The van der Waals surface area contributed by atoms with E-state index in [0.29, 0.717) is 32.0 Å². The number of carbonyl (C=O) groups excluding carboxylic acids is 1. The Hall–Kier alpha value is -2.20. The first-order chi connectivity index (χ1) is 14.2. The average molecular weight is 397 g/mol. The third-order valence-corrected chi connectivity index (χ3v) is 5.22. The molecule has 0 spiro atoms. The monoisotopic (exact) mass is 396 g/mol. The molecule has 0 saturated heterocycles. The van der Waals surface area contributed by atoms with E-state index < -0.39 is 0 Å². The number of nitrogens with zero attached hydrogens (tertiary/aromatic N) is 2. The van der Waals surface area contributed by atoms with E-state index in [0.717, 1.165) is 30.4 Å². The fourth-order valence-electron chi connectivity index (χ4n) is 3.44. The molecule has 4 nitrogen and oxygen atoms in total. The van der Waals surface area contributed by atoms with Crippen molar-refractivity contribution < 1.29 is 9.53 Å². The van der Waals surface area contributed by atoms with Crippen LogP contribution in [0.15, 0.2) is 42.6 Å². The van der Waals surface area contributed by atoms with Crippen molar-refractivity contribution in [2.45, 2.75) is 65.9 Å². The fourth-order valence-corrected chi connectivity index (χ4v) is 3.44. The summed E-state index contributed by atoms with van der Waals surface area (Å²) in [6.07, 6.45) is 8.30. The third kappa shape index (κ3) is 7.62. The summed E-state index contributed by atoms with van der Waals surface area (Å²) < 4.78 is 5.82. The molecular weight excluding hydrogens is 360 g/mol. The molecule has 1 heterocycles. The van der Waals surface area contributed by atoms with Gasteiger partial charge in [-0.25, -0.2) is 0 Å². The van der Waals surface area contributed by atoms with Gasteiger partial charge in [0.25, 0.3) is 5.91 Å². The third-order valence-electron chi connectivity index (χ3n) is 5.22. The zero-order valence-electron chi connectivity index (χ0n) is 18.3. The van der Waals surface area contributed by atoms with Gasteiger partial charge >= 0.3 is 0 Å². The molecule has 1 amide bonds. The Morgan fingerprint density at radius 2 is 1.72 bits per heavy atom. The molecule has 158 valence electrons. The van der Waals surface area contributed by atoms with Gasteiger partial charge in [0.2, 0.25) is 0 Å². The number of ether oxygens (including phenoxy) is 1. The van der Waals surface area contributed by atoms with Gasteiger partial charge < -0.3 is 9.64 Å². The molecule has 1 aromatic heterocycles. The zero-order valence-corrected chi connectivity index (χ0v) is 18.3. The second-order valence-electron chi connectivity index (χ2n) is 7.43. The van der Waals surface area contributed by atoms with Gasteiger partial charge in [0.05, 0.1) is 13.2 Å². The summed E-state index contributed by atoms with van der Waals surface area (Å²) in [5.41, 5.74) is 4.03. The van der Waals surface area contributed by atoms with Gasteiger partial charge in [-0.3, -0.25) is 9.78 Å². The molecule has 0 bridgehead atoms. The maximum Gasteiger partial charge on any atom is 0.272 e. The summed E-state index contributed by atoms with van der Waals surface area (Å²) in [4.78, 5) is 19.3. The zero-order chi connectivity index (χ0) is 20.9. The summed E-state index contributed by atoms with van der Waals surface area (Å²) in [5.74, 6) is 0.0485. The quantitative estimate of drug-likeness (QED) is 0.423. The molecule has 0 aliphatic heterocycles. The number of amides is 1. The second-order valence-corrected chi connectivity index (χ2v) is 7.43. The van der Waals surface area contributed by atoms with Crippen LogP contribution in [0.3, 0.4) is 0 Å². The predicted octanol–water partition coefficient (Wildman–Crippen LogP) is 5.45. The number of benzene rings is 1. The molecule has 0 atom stereocenters. The number of aryl methyl sites for hydroxylation is 1. The number of rotatable bonds is 13. The van der Waals surface area contributed by atoms with Crippen molar-refractivity contribution in [3.8, 4) is 0 Å². The lowest BCUT2D eigenvalue weighted by Crippen LogP contribution is -2.32. The van der Waals surface area contributed by atoms with Gasteiger partial charge in [-0.1, -0.05) is 62.6 Å². The summed E-state index contributed by atoms with van der Waals surface area (Å²) in [5, 5.41) is 0. The molecule has 0 radical (unpaired) electrons. The molecule has 0 unspecified atom stereocenters. The predicted molar refractivity (Wildman–Crippen MR) is 119 cm³/mol. The normalized spacial score (nSPS) is 10.9. The molecule has 2 rings (SSSR count). The minimum Gasteiger partial charge on any atom is -0.376 e. The number of hydrogen-bond donors (Lipinski definition) is 0.